The summed E-state index contributed by atoms with van der Waals surface area (Å²) in [7, 11) is 0. The summed E-state index contributed by atoms with van der Waals surface area (Å²) in [5, 5.41) is 0. The second kappa shape index (κ2) is 9.25. The van der Waals surface area contributed by atoms with Crippen LogP contribution >= 0.6 is 0 Å². The monoisotopic (exact) mass is 331 g/mol. The molecule has 0 spiro atoms. The highest BCUT2D eigenvalue weighted by Crippen LogP contribution is 2.27. The molecule has 1 aliphatic rings. The number of hydrogen-bond donors (Lipinski definition) is 1. The first-order chi connectivity index (χ1) is 10.3. The Morgan fingerprint density at radius 2 is 1.95 bits per heavy atom. The summed E-state index contributed by atoms with van der Waals surface area (Å²) in [4.78, 5) is 17.8. The highest BCUT2D eigenvalue weighted by Gasteiger charge is 2.26. The third kappa shape index (κ3) is 6.44. The van der Waals surface area contributed by atoms with E-state index in [1.807, 2.05) is 13.8 Å². The SMILES string of the molecule is CC(C)/C(N)=N/C(=O)N1CCC([C@H](C)CCOS(C)=O)CC1. The van der Waals surface area contributed by atoms with Crippen LogP contribution in [0.15, 0.2) is 4.99 Å². The van der Waals surface area contributed by atoms with E-state index in [9.17, 15) is 9.00 Å². The van der Waals surface area contributed by atoms with Gasteiger partial charge in [-0.3, -0.25) is 4.18 Å². The minimum absolute atomic E-state index is 0.0885. The Morgan fingerprint density at radius 3 is 2.45 bits per heavy atom. The summed E-state index contributed by atoms with van der Waals surface area (Å²) >= 11 is -1.19. The van der Waals surface area contributed by atoms with Crippen molar-refractivity contribution in [2.75, 3.05) is 26.0 Å². The molecule has 0 aromatic carbocycles. The number of nitrogens with zero attached hydrogens (tertiary/aromatic N) is 2. The van der Waals surface area contributed by atoms with Crippen LogP contribution in [0.4, 0.5) is 4.79 Å². The summed E-state index contributed by atoms with van der Waals surface area (Å²) in [5.74, 6) is 1.56. The lowest BCUT2D eigenvalue weighted by Gasteiger charge is -2.34. The number of aliphatic imine (C=N–C) groups is 1. The molecule has 0 aliphatic carbocycles. The number of hydrogen-bond acceptors (Lipinski definition) is 3. The molecule has 2 atom stereocenters. The van der Waals surface area contributed by atoms with Crippen LogP contribution in [0.3, 0.4) is 0 Å². The number of amidine groups is 1. The second-order valence-corrected chi connectivity index (χ2v) is 7.33. The largest absolute Gasteiger partial charge is 0.387 e. The smallest absolute Gasteiger partial charge is 0.345 e. The lowest BCUT2D eigenvalue weighted by atomic mass is 9.84. The molecule has 1 unspecified atom stereocenters. The van der Waals surface area contributed by atoms with Gasteiger partial charge in [0, 0.05) is 25.3 Å². The molecule has 22 heavy (non-hydrogen) atoms. The average Bonchev–Trinajstić information content (AvgIpc) is 2.46. The van der Waals surface area contributed by atoms with Crippen molar-refractivity contribution in [3.63, 3.8) is 0 Å². The molecule has 7 heteroatoms. The van der Waals surface area contributed by atoms with Gasteiger partial charge in [-0.25, -0.2) is 9.00 Å². The molecular formula is C15H29N3O3S. The lowest BCUT2D eigenvalue weighted by Crippen LogP contribution is -2.39. The first kappa shape index (κ1) is 19.1. The van der Waals surface area contributed by atoms with Crippen LogP contribution in [0.2, 0.25) is 0 Å². The first-order valence-corrected chi connectivity index (χ1v) is 9.39. The zero-order chi connectivity index (χ0) is 16.7. The molecule has 1 fully saturated rings. The predicted molar refractivity (Wildman–Crippen MR) is 90.0 cm³/mol. The molecular weight excluding hydrogens is 302 g/mol. The Kier molecular flexibility index (Phi) is 8.03. The van der Waals surface area contributed by atoms with Gasteiger partial charge in [0.15, 0.2) is 11.1 Å². The van der Waals surface area contributed by atoms with Gasteiger partial charge in [-0.15, -0.1) is 0 Å². The maximum Gasteiger partial charge on any atom is 0.345 e. The average molecular weight is 331 g/mol. The molecule has 0 aromatic rings. The molecule has 2 amide bonds. The summed E-state index contributed by atoms with van der Waals surface area (Å²) < 4.78 is 16.0. The van der Waals surface area contributed by atoms with E-state index < -0.39 is 11.1 Å². The molecule has 0 radical (unpaired) electrons. The minimum Gasteiger partial charge on any atom is -0.387 e. The van der Waals surface area contributed by atoms with Crippen molar-refractivity contribution in [1.82, 2.24) is 4.90 Å². The van der Waals surface area contributed by atoms with E-state index >= 15 is 0 Å². The lowest BCUT2D eigenvalue weighted by molar-refractivity contribution is 0.151. The Labute approximate surface area is 136 Å². The Balaban J connectivity index is 2.38. The summed E-state index contributed by atoms with van der Waals surface area (Å²) in [6.45, 7) is 8.01. The Hall–Kier alpha value is -0.950. The minimum atomic E-state index is -1.19. The third-order valence-corrected chi connectivity index (χ3v) is 4.75. The number of amides is 2. The van der Waals surface area contributed by atoms with Crippen molar-refractivity contribution >= 4 is 22.9 Å². The molecule has 1 rings (SSSR count). The number of piperidine rings is 1. The van der Waals surface area contributed by atoms with Crippen LogP contribution in [-0.4, -0.2) is 46.9 Å². The fraction of sp³-hybridized carbons (Fsp3) is 0.867. The van der Waals surface area contributed by atoms with Gasteiger partial charge in [0.05, 0.1) is 6.61 Å². The first-order valence-electron chi connectivity index (χ1n) is 7.91. The van der Waals surface area contributed by atoms with Gasteiger partial charge in [-0.1, -0.05) is 20.8 Å². The van der Waals surface area contributed by atoms with E-state index in [0.29, 0.717) is 24.3 Å². The van der Waals surface area contributed by atoms with Crippen LogP contribution in [0.1, 0.15) is 40.0 Å². The van der Waals surface area contributed by atoms with Crippen molar-refractivity contribution in [2.45, 2.75) is 40.0 Å². The van der Waals surface area contributed by atoms with Gasteiger partial charge in [0.1, 0.15) is 5.84 Å². The standard InChI is InChI=1S/C15H29N3O3S/c1-11(2)14(16)17-15(19)18-8-5-13(6-9-18)12(3)7-10-21-22(4)20/h11-13H,5-10H2,1-4H3,(H2,16,17,19)/t12-,22?/m1/s1. The quantitative estimate of drug-likeness (QED) is 0.597. The van der Waals surface area contributed by atoms with Crippen molar-refractivity contribution in [1.29, 1.82) is 0 Å². The molecule has 1 saturated heterocycles. The normalized spacial score (nSPS) is 20.2. The highest BCUT2D eigenvalue weighted by atomic mass is 32.2. The number of rotatable bonds is 6. The Bertz CT molecular complexity index is 418. The van der Waals surface area contributed by atoms with Gasteiger partial charge >= 0.3 is 6.03 Å². The zero-order valence-corrected chi connectivity index (χ0v) is 14.9. The number of carbonyl (C=O) groups is 1. The van der Waals surface area contributed by atoms with E-state index in [0.717, 1.165) is 32.4 Å². The molecule has 1 heterocycles. The Morgan fingerprint density at radius 1 is 1.36 bits per heavy atom. The highest BCUT2D eigenvalue weighted by molar-refractivity contribution is 7.79. The van der Waals surface area contributed by atoms with Crippen molar-refractivity contribution in [2.24, 2.45) is 28.5 Å². The van der Waals surface area contributed by atoms with Crippen LogP contribution < -0.4 is 5.73 Å². The van der Waals surface area contributed by atoms with Gasteiger partial charge < -0.3 is 10.6 Å². The van der Waals surface area contributed by atoms with E-state index in [2.05, 4.69) is 11.9 Å². The third-order valence-electron chi connectivity index (χ3n) is 4.25. The topological polar surface area (TPSA) is 85.0 Å². The number of likely N-dealkylation sites (tertiary alicyclic amines) is 1. The fourth-order valence-electron chi connectivity index (χ4n) is 2.56. The number of nitrogens with two attached hydrogens (primary N) is 1. The van der Waals surface area contributed by atoms with Crippen molar-refractivity contribution in [3.05, 3.63) is 0 Å². The summed E-state index contributed by atoms with van der Waals surface area (Å²) in [6, 6.07) is -0.220. The second-order valence-electron chi connectivity index (χ2n) is 6.29. The fourth-order valence-corrected chi connectivity index (χ4v) is 2.89. The molecule has 0 aromatic heterocycles. The van der Waals surface area contributed by atoms with Crippen molar-refractivity contribution in [3.8, 4) is 0 Å². The zero-order valence-electron chi connectivity index (χ0n) is 14.1. The maximum atomic E-state index is 12.0. The van der Waals surface area contributed by atoms with E-state index in [-0.39, 0.29) is 11.9 Å². The van der Waals surface area contributed by atoms with Gasteiger partial charge in [0.2, 0.25) is 0 Å². The molecule has 1 aliphatic heterocycles. The maximum absolute atomic E-state index is 12.0. The van der Waals surface area contributed by atoms with E-state index in [4.69, 9.17) is 9.92 Å². The number of urea groups is 1. The van der Waals surface area contributed by atoms with Gasteiger partial charge in [0.25, 0.3) is 0 Å². The van der Waals surface area contributed by atoms with Crippen molar-refractivity contribution < 1.29 is 13.2 Å². The molecule has 2 N–H and O–H groups in total. The molecule has 6 nitrogen and oxygen atoms in total. The van der Waals surface area contributed by atoms with Crippen LogP contribution in [0.5, 0.6) is 0 Å². The van der Waals surface area contributed by atoms with E-state index in [1.165, 1.54) is 6.26 Å². The summed E-state index contributed by atoms with van der Waals surface area (Å²) in [6.07, 6.45) is 4.38. The van der Waals surface area contributed by atoms with Crippen LogP contribution in [0.25, 0.3) is 0 Å². The molecule has 0 saturated carbocycles. The molecule has 0 bridgehead atoms. The van der Waals surface area contributed by atoms with Crippen LogP contribution in [0, 0.1) is 17.8 Å². The molecule has 128 valence electrons. The van der Waals surface area contributed by atoms with Gasteiger partial charge in [-0.05, 0) is 31.1 Å². The van der Waals surface area contributed by atoms with E-state index in [1.54, 1.807) is 4.90 Å². The van der Waals surface area contributed by atoms with Gasteiger partial charge in [-0.2, -0.15) is 4.99 Å². The predicted octanol–water partition coefficient (Wildman–Crippen LogP) is 2.17. The summed E-state index contributed by atoms with van der Waals surface area (Å²) in [5.41, 5.74) is 5.74. The number of carbonyl (C=O) groups excluding carboxylic acids is 1. The van der Waals surface area contributed by atoms with Crippen LogP contribution in [-0.2, 0) is 15.3 Å².